The lowest BCUT2D eigenvalue weighted by atomic mass is 9.82. The molecular weight excluding hydrogens is 296 g/mol. The van der Waals surface area contributed by atoms with Gasteiger partial charge in [-0.15, -0.1) is 0 Å². The average Bonchev–Trinajstić information content (AvgIpc) is 2.09. The zero-order valence-electron chi connectivity index (χ0n) is 7.94. The summed E-state index contributed by atoms with van der Waals surface area (Å²) in [5.41, 5.74) is 0.925. The molecule has 0 N–H and O–H groups in total. The minimum Gasteiger partial charge on any atom is -0.295 e. The fourth-order valence-corrected chi connectivity index (χ4v) is 2.28. The van der Waals surface area contributed by atoms with Gasteiger partial charge in [0.25, 0.3) is 0 Å². The second kappa shape index (κ2) is 4.26. The van der Waals surface area contributed by atoms with Crippen LogP contribution < -0.4 is 0 Å². The Balaban J connectivity index is 2.73. The smallest absolute Gasteiger partial charge is 0.158 e. The lowest BCUT2D eigenvalue weighted by Gasteiger charge is -2.32. The van der Waals surface area contributed by atoms with E-state index in [2.05, 4.69) is 44.9 Å². The first kappa shape index (κ1) is 11.4. The molecule has 1 aliphatic carbocycles. The van der Waals surface area contributed by atoms with Gasteiger partial charge in [-0.1, -0.05) is 37.9 Å². The minimum absolute atomic E-state index is 0.0415. The summed E-state index contributed by atoms with van der Waals surface area (Å²) >= 11 is 7.12. The Morgan fingerprint density at radius 1 is 1.69 bits per heavy atom. The number of allylic oxidation sites excluding steroid dienone is 2. The van der Waals surface area contributed by atoms with Crippen LogP contribution in [0.2, 0.25) is 0 Å². The van der Waals surface area contributed by atoms with Gasteiger partial charge in [-0.25, -0.2) is 0 Å². The molecule has 0 aliphatic heterocycles. The predicted molar refractivity (Wildman–Crippen MR) is 62.6 cm³/mol. The van der Waals surface area contributed by atoms with Crippen LogP contribution in [0, 0.1) is 5.92 Å². The van der Waals surface area contributed by atoms with Gasteiger partial charge in [-0.05, 0) is 31.8 Å². The van der Waals surface area contributed by atoms with Crippen molar-refractivity contribution >= 4 is 37.6 Å². The number of alkyl halides is 2. The molecule has 0 fully saturated rings. The second-order valence-corrected chi connectivity index (χ2v) is 6.23. The van der Waals surface area contributed by atoms with Gasteiger partial charge in [0, 0.05) is 16.1 Å². The van der Waals surface area contributed by atoms with Crippen molar-refractivity contribution in [2.24, 2.45) is 5.92 Å². The molecule has 0 radical (unpaired) electrons. The van der Waals surface area contributed by atoms with Crippen molar-refractivity contribution in [1.29, 1.82) is 0 Å². The van der Waals surface area contributed by atoms with Crippen molar-refractivity contribution in [2.75, 3.05) is 5.33 Å². The topological polar surface area (TPSA) is 17.1 Å². The lowest BCUT2D eigenvalue weighted by Crippen LogP contribution is -2.33. The Hall–Kier alpha value is 0.370. The number of carbonyl (C=O) groups is 1. The number of hydrogen-bond acceptors (Lipinski definition) is 1. The molecule has 13 heavy (non-hydrogen) atoms. The Morgan fingerprint density at radius 2 is 2.31 bits per heavy atom. The van der Waals surface area contributed by atoms with Gasteiger partial charge >= 0.3 is 0 Å². The van der Waals surface area contributed by atoms with Gasteiger partial charge in [0.05, 0.1) is 0 Å². The van der Waals surface area contributed by atoms with Crippen LogP contribution in [0.4, 0.5) is 0 Å². The van der Waals surface area contributed by atoms with Crippen LogP contribution in [0.15, 0.2) is 11.6 Å². The van der Waals surface area contributed by atoms with Gasteiger partial charge < -0.3 is 0 Å². The molecule has 2 atom stereocenters. The van der Waals surface area contributed by atoms with Crippen molar-refractivity contribution in [3.8, 4) is 0 Å². The first-order chi connectivity index (χ1) is 5.97. The minimum atomic E-state index is 0.0415. The van der Waals surface area contributed by atoms with Crippen molar-refractivity contribution in [1.82, 2.24) is 0 Å². The van der Waals surface area contributed by atoms with Crippen LogP contribution >= 0.6 is 31.9 Å². The number of ketones is 1. The molecule has 0 saturated carbocycles. The molecule has 2 unspecified atom stereocenters. The van der Waals surface area contributed by atoms with E-state index in [0.717, 1.165) is 17.3 Å². The van der Waals surface area contributed by atoms with E-state index in [1.165, 1.54) is 0 Å². The highest BCUT2D eigenvalue weighted by atomic mass is 79.9. The molecule has 0 amide bonds. The number of halogens is 2. The van der Waals surface area contributed by atoms with Gasteiger partial charge in [-0.2, -0.15) is 0 Å². The third-order valence-electron chi connectivity index (χ3n) is 2.69. The molecule has 0 saturated heterocycles. The molecule has 1 nitrogen and oxygen atoms in total. The monoisotopic (exact) mass is 308 g/mol. The third kappa shape index (κ3) is 2.66. The van der Waals surface area contributed by atoms with E-state index in [1.54, 1.807) is 0 Å². The standard InChI is InChI=1S/C10H14Br2O/c1-7-3-4-8(5-9(7)13)10(2,12)6-11/h3,8H,4-6H2,1-2H3. The Kier molecular flexibility index (Phi) is 3.75. The van der Waals surface area contributed by atoms with E-state index >= 15 is 0 Å². The summed E-state index contributed by atoms with van der Waals surface area (Å²) in [7, 11) is 0. The van der Waals surface area contributed by atoms with Crippen LogP contribution in [-0.4, -0.2) is 15.4 Å². The van der Waals surface area contributed by atoms with E-state index in [0.29, 0.717) is 18.1 Å². The van der Waals surface area contributed by atoms with E-state index < -0.39 is 0 Å². The van der Waals surface area contributed by atoms with Crippen LogP contribution in [0.3, 0.4) is 0 Å². The predicted octanol–water partition coefficient (Wildman–Crippen LogP) is 3.46. The fourth-order valence-electron chi connectivity index (χ4n) is 1.47. The Bertz CT molecular complexity index is 243. The zero-order chi connectivity index (χ0) is 10.1. The summed E-state index contributed by atoms with van der Waals surface area (Å²) in [5.74, 6) is 0.714. The fraction of sp³-hybridized carbons (Fsp3) is 0.700. The molecule has 1 aliphatic rings. The third-order valence-corrected chi connectivity index (χ3v) is 5.54. The van der Waals surface area contributed by atoms with E-state index in [-0.39, 0.29) is 4.32 Å². The maximum Gasteiger partial charge on any atom is 0.158 e. The van der Waals surface area contributed by atoms with Gasteiger partial charge in [-0.3, -0.25) is 4.79 Å². The van der Waals surface area contributed by atoms with Crippen molar-refractivity contribution in [2.45, 2.75) is 31.0 Å². The summed E-state index contributed by atoms with van der Waals surface area (Å²) in [5, 5.41) is 0.880. The molecule has 3 heteroatoms. The molecule has 0 aromatic heterocycles. The highest BCUT2D eigenvalue weighted by Gasteiger charge is 2.33. The first-order valence-corrected chi connectivity index (χ1v) is 6.33. The number of carbonyl (C=O) groups excluding carboxylic acids is 1. The summed E-state index contributed by atoms with van der Waals surface area (Å²) in [4.78, 5) is 11.5. The molecule has 74 valence electrons. The number of Topliss-reactive ketones (excluding diaryl/α,β-unsaturated/α-hetero) is 1. The normalized spacial score (nSPS) is 28.2. The van der Waals surface area contributed by atoms with Gasteiger partial charge in [0.1, 0.15) is 0 Å². The summed E-state index contributed by atoms with van der Waals surface area (Å²) < 4.78 is 0.0415. The van der Waals surface area contributed by atoms with Crippen LogP contribution in [0.5, 0.6) is 0 Å². The molecule has 0 spiro atoms. The van der Waals surface area contributed by atoms with Crippen molar-refractivity contribution in [3.05, 3.63) is 11.6 Å². The van der Waals surface area contributed by atoms with Crippen molar-refractivity contribution in [3.63, 3.8) is 0 Å². The average molecular weight is 310 g/mol. The number of rotatable bonds is 2. The maximum atomic E-state index is 11.5. The lowest BCUT2D eigenvalue weighted by molar-refractivity contribution is -0.117. The number of hydrogen-bond donors (Lipinski definition) is 0. The van der Waals surface area contributed by atoms with Gasteiger partial charge in [0.2, 0.25) is 0 Å². The van der Waals surface area contributed by atoms with E-state index in [1.807, 2.05) is 6.92 Å². The second-order valence-electron chi connectivity index (χ2n) is 3.86. The molecule has 1 rings (SSSR count). The largest absolute Gasteiger partial charge is 0.295 e. The molecule has 0 aromatic carbocycles. The van der Waals surface area contributed by atoms with Gasteiger partial charge in [0.15, 0.2) is 5.78 Å². The highest BCUT2D eigenvalue weighted by Crippen LogP contribution is 2.37. The van der Waals surface area contributed by atoms with E-state index in [9.17, 15) is 4.79 Å². The van der Waals surface area contributed by atoms with Crippen molar-refractivity contribution < 1.29 is 4.79 Å². The molecule has 0 aromatic rings. The van der Waals surface area contributed by atoms with Crippen LogP contribution in [0.1, 0.15) is 26.7 Å². The molecule has 0 heterocycles. The summed E-state index contributed by atoms with van der Waals surface area (Å²) in [6.45, 7) is 4.03. The Labute approximate surface area is 96.2 Å². The molecular formula is C10H14Br2O. The quantitative estimate of drug-likeness (QED) is 0.714. The Morgan fingerprint density at radius 3 is 2.77 bits per heavy atom. The summed E-state index contributed by atoms with van der Waals surface area (Å²) in [6, 6.07) is 0. The highest BCUT2D eigenvalue weighted by molar-refractivity contribution is 9.12. The van der Waals surface area contributed by atoms with Crippen LogP contribution in [-0.2, 0) is 4.79 Å². The maximum absolute atomic E-state index is 11.5. The SMILES string of the molecule is CC1=CCC(C(C)(Br)CBr)CC1=O. The van der Waals surface area contributed by atoms with E-state index in [4.69, 9.17) is 0 Å². The molecule has 0 bridgehead atoms. The zero-order valence-corrected chi connectivity index (χ0v) is 11.1. The van der Waals surface area contributed by atoms with Crippen LogP contribution in [0.25, 0.3) is 0 Å². The summed E-state index contributed by atoms with van der Waals surface area (Å²) in [6.07, 6.45) is 3.74. The first-order valence-electron chi connectivity index (χ1n) is 4.42.